The number of rotatable bonds is 0. The van der Waals surface area contributed by atoms with Crippen LogP contribution in [0.2, 0.25) is 0 Å². The van der Waals surface area contributed by atoms with E-state index < -0.39 is 0 Å². The molecule has 0 saturated heterocycles. The SMILES string of the molecule is N#Cc1sc2nc(N)c(C#N)c(C#N)c2c1C#N. The second-order valence-electron chi connectivity index (χ2n) is 3.18. The van der Waals surface area contributed by atoms with Crippen molar-refractivity contribution in [3.8, 4) is 24.3 Å². The van der Waals surface area contributed by atoms with E-state index in [1.165, 1.54) is 0 Å². The fourth-order valence-corrected chi connectivity index (χ4v) is 2.50. The minimum Gasteiger partial charge on any atom is -0.383 e. The average Bonchev–Trinajstić information content (AvgIpc) is 2.73. The standard InChI is InChI=1S/C11H2N6S/c12-1-5-6(2-13)10(16)17-11-9(5)7(3-14)8(4-15)18-11/h(H2,16,17). The quantitative estimate of drug-likeness (QED) is 0.750. The van der Waals surface area contributed by atoms with Crippen LogP contribution in [0, 0.1) is 45.3 Å². The van der Waals surface area contributed by atoms with E-state index in [1.807, 2.05) is 18.2 Å². The Labute approximate surface area is 105 Å². The maximum atomic E-state index is 9.10. The van der Waals surface area contributed by atoms with E-state index in [-0.39, 0.29) is 32.8 Å². The third kappa shape index (κ3) is 1.33. The number of nitrogen functional groups attached to an aromatic ring is 1. The van der Waals surface area contributed by atoms with Crippen molar-refractivity contribution in [2.75, 3.05) is 5.73 Å². The number of hydrogen-bond acceptors (Lipinski definition) is 7. The highest BCUT2D eigenvalue weighted by molar-refractivity contribution is 7.19. The Morgan fingerprint density at radius 1 is 0.889 bits per heavy atom. The Kier molecular flexibility index (Phi) is 2.54. The van der Waals surface area contributed by atoms with Crippen molar-refractivity contribution in [1.29, 1.82) is 21.0 Å². The molecule has 0 aromatic carbocycles. The minimum atomic E-state index is -0.0724. The lowest BCUT2D eigenvalue weighted by atomic mass is 10.0. The van der Waals surface area contributed by atoms with Gasteiger partial charge in [-0.3, -0.25) is 0 Å². The van der Waals surface area contributed by atoms with Crippen molar-refractivity contribution in [1.82, 2.24) is 4.98 Å². The first kappa shape index (κ1) is 11.4. The molecular formula is C11H2N6S. The topological polar surface area (TPSA) is 134 Å². The van der Waals surface area contributed by atoms with E-state index in [9.17, 15) is 0 Å². The molecule has 0 saturated carbocycles. The molecule has 0 amide bonds. The summed E-state index contributed by atoms with van der Waals surface area (Å²) in [5.74, 6) is -0.0724. The molecule has 0 fully saturated rings. The van der Waals surface area contributed by atoms with Crippen molar-refractivity contribution in [3.05, 3.63) is 21.6 Å². The van der Waals surface area contributed by atoms with Gasteiger partial charge in [0.25, 0.3) is 0 Å². The van der Waals surface area contributed by atoms with Crippen molar-refractivity contribution in [3.63, 3.8) is 0 Å². The maximum Gasteiger partial charge on any atom is 0.144 e. The summed E-state index contributed by atoms with van der Waals surface area (Å²) in [5, 5.41) is 36.2. The van der Waals surface area contributed by atoms with Gasteiger partial charge in [0.05, 0.1) is 11.1 Å². The summed E-state index contributed by atoms with van der Waals surface area (Å²) >= 11 is 0.976. The van der Waals surface area contributed by atoms with Crippen LogP contribution in [0.1, 0.15) is 21.6 Å². The number of nitrogens with zero attached hydrogens (tertiary/aromatic N) is 5. The number of nitrogens with two attached hydrogens (primary N) is 1. The minimum absolute atomic E-state index is 0.00528. The molecule has 2 heterocycles. The predicted octanol–water partition coefficient (Wildman–Crippen LogP) is 1.37. The van der Waals surface area contributed by atoms with Crippen LogP contribution in [0.4, 0.5) is 5.82 Å². The summed E-state index contributed by atoms with van der Waals surface area (Å²) in [7, 11) is 0. The van der Waals surface area contributed by atoms with Gasteiger partial charge in [0.1, 0.15) is 45.4 Å². The molecule has 6 nitrogen and oxygen atoms in total. The van der Waals surface area contributed by atoms with Crippen molar-refractivity contribution < 1.29 is 0 Å². The van der Waals surface area contributed by atoms with Crippen LogP contribution in [0.25, 0.3) is 10.2 Å². The summed E-state index contributed by atoms with van der Waals surface area (Å²) in [6.07, 6.45) is 0. The molecule has 0 unspecified atom stereocenters. The summed E-state index contributed by atoms with van der Waals surface area (Å²) < 4.78 is 0. The highest BCUT2D eigenvalue weighted by Gasteiger charge is 2.21. The molecule has 0 aliphatic carbocycles. The molecule has 0 atom stereocenters. The number of pyridine rings is 1. The van der Waals surface area contributed by atoms with Crippen LogP contribution in [0.3, 0.4) is 0 Å². The van der Waals surface area contributed by atoms with Gasteiger partial charge in [-0.2, -0.15) is 21.0 Å². The number of nitriles is 4. The maximum absolute atomic E-state index is 9.10. The predicted molar refractivity (Wildman–Crippen MR) is 62.9 cm³/mol. The van der Waals surface area contributed by atoms with Gasteiger partial charge in [0, 0.05) is 5.39 Å². The Morgan fingerprint density at radius 2 is 1.50 bits per heavy atom. The summed E-state index contributed by atoms with van der Waals surface area (Å²) in [6, 6.07) is 7.36. The van der Waals surface area contributed by atoms with Crippen LogP contribution in [-0.2, 0) is 0 Å². The van der Waals surface area contributed by atoms with E-state index in [0.29, 0.717) is 4.83 Å². The second kappa shape index (κ2) is 4.03. The van der Waals surface area contributed by atoms with Crippen LogP contribution in [-0.4, -0.2) is 4.98 Å². The van der Waals surface area contributed by atoms with E-state index in [0.717, 1.165) is 11.3 Å². The monoisotopic (exact) mass is 250 g/mol. The Morgan fingerprint density at radius 3 is 2.00 bits per heavy atom. The van der Waals surface area contributed by atoms with E-state index in [4.69, 9.17) is 26.8 Å². The second-order valence-corrected chi connectivity index (χ2v) is 4.18. The highest BCUT2D eigenvalue weighted by atomic mass is 32.1. The molecule has 2 rings (SSSR count). The smallest absolute Gasteiger partial charge is 0.144 e. The van der Waals surface area contributed by atoms with Gasteiger partial charge >= 0.3 is 0 Å². The van der Waals surface area contributed by atoms with Crippen molar-refractivity contribution >= 4 is 27.4 Å². The van der Waals surface area contributed by atoms with Crippen molar-refractivity contribution in [2.45, 2.75) is 0 Å². The number of hydrogen-bond donors (Lipinski definition) is 1. The molecule has 0 radical (unpaired) electrons. The molecule has 18 heavy (non-hydrogen) atoms. The number of aromatic nitrogens is 1. The number of anilines is 1. The molecule has 0 spiro atoms. The van der Waals surface area contributed by atoms with Gasteiger partial charge in [0.2, 0.25) is 0 Å². The van der Waals surface area contributed by atoms with Crippen LogP contribution in [0.15, 0.2) is 0 Å². The van der Waals surface area contributed by atoms with Crippen molar-refractivity contribution in [2.24, 2.45) is 0 Å². The zero-order valence-corrected chi connectivity index (χ0v) is 9.54. The first-order valence-electron chi connectivity index (χ1n) is 4.54. The normalized spacial score (nSPS) is 9.11. The third-order valence-corrected chi connectivity index (χ3v) is 3.29. The van der Waals surface area contributed by atoms with Gasteiger partial charge in [-0.25, -0.2) is 4.98 Å². The molecule has 2 N–H and O–H groups in total. The van der Waals surface area contributed by atoms with Crippen LogP contribution in [0.5, 0.6) is 0 Å². The first-order chi connectivity index (χ1) is 8.67. The average molecular weight is 250 g/mol. The highest BCUT2D eigenvalue weighted by Crippen LogP contribution is 2.34. The lowest BCUT2D eigenvalue weighted by Crippen LogP contribution is -1.98. The Balaban J connectivity index is 3.13. The molecule has 2 aromatic rings. The molecule has 82 valence electrons. The third-order valence-electron chi connectivity index (χ3n) is 2.30. The fraction of sp³-hybridized carbons (Fsp3) is 0. The molecule has 0 aliphatic rings. The van der Waals surface area contributed by atoms with Gasteiger partial charge in [-0.1, -0.05) is 0 Å². The molecule has 0 aliphatic heterocycles. The fourth-order valence-electron chi connectivity index (χ4n) is 1.56. The Bertz CT molecular complexity index is 834. The lowest BCUT2D eigenvalue weighted by Gasteiger charge is -2.00. The lowest BCUT2D eigenvalue weighted by molar-refractivity contribution is 1.37. The summed E-state index contributed by atoms with van der Waals surface area (Å²) in [6.45, 7) is 0. The number of fused-ring (bicyclic) bond motifs is 1. The number of thiophene rings is 1. The largest absolute Gasteiger partial charge is 0.383 e. The molecule has 2 aromatic heterocycles. The zero-order valence-electron chi connectivity index (χ0n) is 8.72. The summed E-state index contributed by atoms with van der Waals surface area (Å²) in [5.41, 5.74) is 5.57. The first-order valence-corrected chi connectivity index (χ1v) is 5.36. The van der Waals surface area contributed by atoms with Crippen LogP contribution >= 0.6 is 11.3 Å². The van der Waals surface area contributed by atoms with Gasteiger partial charge in [-0.05, 0) is 0 Å². The van der Waals surface area contributed by atoms with E-state index in [2.05, 4.69) is 4.98 Å². The molecular weight excluding hydrogens is 248 g/mol. The van der Waals surface area contributed by atoms with Gasteiger partial charge in [0.15, 0.2) is 0 Å². The van der Waals surface area contributed by atoms with E-state index in [1.54, 1.807) is 6.07 Å². The zero-order chi connectivity index (χ0) is 13.3. The molecule has 0 bridgehead atoms. The van der Waals surface area contributed by atoms with Gasteiger partial charge < -0.3 is 5.73 Å². The Hall–Kier alpha value is -3.13. The van der Waals surface area contributed by atoms with Crippen LogP contribution < -0.4 is 5.73 Å². The van der Waals surface area contributed by atoms with E-state index >= 15 is 0 Å². The van der Waals surface area contributed by atoms with Gasteiger partial charge in [-0.15, -0.1) is 11.3 Å². The summed E-state index contributed by atoms with van der Waals surface area (Å²) in [4.78, 5) is 4.43. The molecule has 7 heteroatoms.